The van der Waals surface area contributed by atoms with Crippen molar-refractivity contribution < 1.29 is 9.90 Å². The van der Waals surface area contributed by atoms with Gasteiger partial charge in [-0.25, -0.2) is 14.5 Å². The standard InChI is InChI=1S/C14H12N4O2/c1-2-18-13-11(8-16-18)10(14(19)20)7-12(17-13)9-3-5-15-6-4-9/h3-8H,2H2,1H3,(H,19,20). The smallest absolute Gasteiger partial charge is 0.336 e. The van der Waals surface area contributed by atoms with E-state index in [1.807, 2.05) is 6.92 Å². The van der Waals surface area contributed by atoms with Gasteiger partial charge in [0, 0.05) is 24.5 Å². The molecule has 0 unspecified atom stereocenters. The summed E-state index contributed by atoms with van der Waals surface area (Å²) in [6, 6.07) is 5.17. The van der Waals surface area contributed by atoms with Gasteiger partial charge in [0.1, 0.15) is 0 Å². The Morgan fingerprint density at radius 2 is 2.10 bits per heavy atom. The molecule has 0 aliphatic heterocycles. The molecule has 0 saturated carbocycles. The van der Waals surface area contributed by atoms with Crippen LogP contribution in [0.5, 0.6) is 0 Å². The maximum atomic E-state index is 11.4. The van der Waals surface area contributed by atoms with E-state index in [2.05, 4.69) is 15.1 Å². The van der Waals surface area contributed by atoms with Gasteiger partial charge in [0.25, 0.3) is 0 Å². The van der Waals surface area contributed by atoms with E-state index in [0.29, 0.717) is 23.3 Å². The lowest BCUT2D eigenvalue weighted by Crippen LogP contribution is -2.02. The summed E-state index contributed by atoms with van der Waals surface area (Å²) in [7, 11) is 0. The van der Waals surface area contributed by atoms with Crippen molar-refractivity contribution in [2.24, 2.45) is 0 Å². The van der Waals surface area contributed by atoms with Crippen LogP contribution in [0, 0.1) is 0 Å². The number of aryl methyl sites for hydroxylation is 1. The van der Waals surface area contributed by atoms with Crippen LogP contribution >= 0.6 is 0 Å². The van der Waals surface area contributed by atoms with E-state index in [1.165, 1.54) is 0 Å². The minimum Gasteiger partial charge on any atom is -0.478 e. The van der Waals surface area contributed by atoms with E-state index in [9.17, 15) is 9.90 Å². The Balaban J connectivity index is 2.31. The van der Waals surface area contributed by atoms with Crippen LogP contribution in [0.2, 0.25) is 0 Å². The molecule has 100 valence electrons. The Morgan fingerprint density at radius 3 is 2.75 bits per heavy atom. The largest absolute Gasteiger partial charge is 0.478 e. The average molecular weight is 268 g/mol. The lowest BCUT2D eigenvalue weighted by molar-refractivity contribution is 0.0699. The van der Waals surface area contributed by atoms with E-state index in [0.717, 1.165) is 5.56 Å². The molecule has 3 aromatic heterocycles. The predicted octanol–water partition coefficient (Wildman–Crippen LogP) is 2.21. The Kier molecular flexibility index (Phi) is 2.90. The topological polar surface area (TPSA) is 80.9 Å². The highest BCUT2D eigenvalue weighted by atomic mass is 16.4. The van der Waals surface area contributed by atoms with E-state index in [4.69, 9.17) is 0 Å². The first-order chi connectivity index (χ1) is 9.70. The fourth-order valence-corrected chi connectivity index (χ4v) is 2.13. The van der Waals surface area contributed by atoms with Gasteiger partial charge in [-0.2, -0.15) is 5.10 Å². The van der Waals surface area contributed by atoms with Crippen LogP contribution < -0.4 is 0 Å². The maximum absolute atomic E-state index is 11.4. The number of aromatic nitrogens is 4. The van der Waals surface area contributed by atoms with Crippen LogP contribution in [0.25, 0.3) is 22.3 Å². The maximum Gasteiger partial charge on any atom is 0.336 e. The number of pyridine rings is 2. The number of nitrogens with zero attached hydrogens (tertiary/aromatic N) is 4. The van der Waals surface area contributed by atoms with Crippen molar-refractivity contribution in [2.75, 3.05) is 0 Å². The molecule has 0 aliphatic carbocycles. The molecule has 0 bridgehead atoms. The highest BCUT2D eigenvalue weighted by Crippen LogP contribution is 2.24. The van der Waals surface area contributed by atoms with Crippen LogP contribution in [0.15, 0.2) is 36.8 Å². The van der Waals surface area contributed by atoms with Crippen molar-refractivity contribution in [2.45, 2.75) is 13.5 Å². The zero-order chi connectivity index (χ0) is 14.1. The molecule has 0 fully saturated rings. The van der Waals surface area contributed by atoms with Gasteiger partial charge < -0.3 is 5.11 Å². The molecule has 0 aliphatic rings. The second-order valence-corrected chi connectivity index (χ2v) is 4.29. The molecule has 3 rings (SSSR count). The normalized spacial score (nSPS) is 10.8. The number of hydrogen-bond acceptors (Lipinski definition) is 4. The molecular weight excluding hydrogens is 256 g/mol. The highest BCUT2D eigenvalue weighted by molar-refractivity contribution is 6.02. The molecular formula is C14H12N4O2. The SMILES string of the molecule is CCn1ncc2c(C(=O)O)cc(-c3ccncc3)nc21. The fourth-order valence-electron chi connectivity index (χ4n) is 2.13. The first-order valence-electron chi connectivity index (χ1n) is 6.21. The van der Waals surface area contributed by atoms with Gasteiger partial charge >= 0.3 is 5.97 Å². The molecule has 3 aromatic rings. The van der Waals surface area contributed by atoms with E-state index < -0.39 is 5.97 Å². The summed E-state index contributed by atoms with van der Waals surface area (Å²) in [5, 5.41) is 14.1. The number of carbonyl (C=O) groups is 1. The molecule has 0 aromatic carbocycles. The summed E-state index contributed by atoms with van der Waals surface area (Å²) in [6.45, 7) is 2.57. The van der Waals surface area contributed by atoms with Crippen molar-refractivity contribution in [3.8, 4) is 11.3 Å². The zero-order valence-electron chi connectivity index (χ0n) is 10.8. The van der Waals surface area contributed by atoms with Gasteiger partial charge in [-0.15, -0.1) is 0 Å². The molecule has 6 heteroatoms. The number of aromatic carboxylic acids is 1. The van der Waals surface area contributed by atoms with E-state index in [1.54, 1.807) is 41.5 Å². The first-order valence-corrected chi connectivity index (χ1v) is 6.21. The molecule has 3 heterocycles. The zero-order valence-corrected chi connectivity index (χ0v) is 10.8. The fraction of sp³-hybridized carbons (Fsp3) is 0.143. The molecule has 1 N–H and O–H groups in total. The van der Waals surface area contributed by atoms with Crippen molar-refractivity contribution in [3.05, 3.63) is 42.4 Å². The van der Waals surface area contributed by atoms with Crippen molar-refractivity contribution >= 4 is 17.0 Å². The van der Waals surface area contributed by atoms with Crippen LogP contribution in [0.4, 0.5) is 0 Å². The van der Waals surface area contributed by atoms with Gasteiger partial charge in [0.2, 0.25) is 0 Å². The number of rotatable bonds is 3. The summed E-state index contributed by atoms with van der Waals surface area (Å²) in [4.78, 5) is 19.9. The minimum atomic E-state index is -0.983. The second-order valence-electron chi connectivity index (χ2n) is 4.29. The van der Waals surface area contributed by atoms with Crippen molar-refractivity contribution in [1.29, 1.82) is 0 Å². The molecule has 0 amide bonds. The van der Waals surface area contributed by atoms with Gasteiger partial charge in [0.15, 0.2) is 5.65 Å². The summed E-state index contributed by atoms with van der Waals surface area (Å²) >= 11 is 0. The molecule has 0 saturated heterocycles. The predicted molar refractivity (Wildman–Crippen MR) is 73.4 cm³/mol. The Morgan fingerprint density at radius 1 is 1.35 bits per heavy atom. The number of carboxylic acids is 1. The third-order valence-electron chi connectivity index (χ3n) is 3.12. The lowest BCUT2D eigenvalue weighted by atomic mass is 10.1. The number of fused-ring (bicyclic) bond motifs is 1. The average Bonchev–Trinajstić information content (AvgIpc) is 2.89. The summed E-state index contributed by atoms with van der Waals surface area (Å²) in [5.74, 6) is -0.983. The van der Waals surface area contributed by atoms with Gasteiger partial charge in [-0.1, -0.05) is 0 Å². The minimum absolute atomic E-state index is 0.210. The number of hydrogen-bond donors (Lipinski definition) is 1. The van der Waals surface area contributed by atoms with Gasteiger partial charge in [-0.3, -0.25) is 4.98 Å². The first kappa shape index (κ1) is 12.3. The quantitative estimate of drug-likeness (QED) is 0.787. The summed E-state index contributed by atoms with van der Waals surface area (Å²) < 4.78 is 1.69. The van der Waals surface area contributed by atoms with Gasteiger partial charge in [0.05, 0.1) is 22.8 Å². The van der Waals surface area contributed by atoms with Crippen LogP contribution in [-0.4, -0.2) is 30.8 Å². The van der Waals surface area contributed by atoms with Crippen molar-refractivity contribution in [1.82, 2.24) is 19.7 Å². The Hall–Kier alpha value is -2.76. The summed E-state index contributed by atoms with van der Waals surface area (Å²) in [5.41, 5.74) is 2.22. The molecule has 20 heavy (non-hydrogen) atoms. The second kappa shape index (κ2) is 4.73. The third kappa shape index (κ3) is 1.91. The Bertz CT molecular complexity index is 780. The molecule has 0 radical (unpaired) electrons. The van der Waals surface area contributed by atoms with Gasteiger partial charge in [-0.05, 0) is 25.1 Å². The molecule has 0 atom stereocenters. The Labute approximate surface area is 114 Å². The lowest BCUT2D eigenvalue weighted by Gasteiger charge is -2.05. The van der Waals surface area contributed by atoms with E-state index >= 15 is 0 Å². The van der Waals surface area contributed by atoms with E-state index in [-0.39, 0.29) is 5.56 Å². The van der Waals surface area contributed by atoms with Crippen LogP contribution in [0.1, 0.15) is 17.3 Å². The monoisotopic (exact) mass is 268 g/mol. The van der Waals surface area contributed by atoms with Crippen LogP contribution in [0.3, 0.4) is 0 Å². The van der Waals surface area contributed by atoms with Crippen molar-refractivity contribution in [3.63, 3.8) is 0 Å². The summed E-state index contributed by atoms with van der Waals surface area (Å²) in [6.07, 6.45) is 4.85. The molecule has 0 spiro atoms. The highest BCUT2D eigenvalue weighted by Gasteiger charge is 2.16. The third-order valence-corrected chi connectivity index (χ3v) is 3.12. The molecule has 6 nitrogen and oxygen atoms in total. The van der Waals surface area contributed by atoms with Crippen LogP contribution in [-0.2, 0) is 6.54 Å². The number of carboxylic acid groups (broad SMARTS) is 1.